The van der Waals surface area contributed by atoms with Crippen molar-refractivity contribution < 1.29 is 9.34 Å². The molecule has 22 heavy (non-hydrogen) atoms. The molecule has 2 aromatic rings. The van der Waals surface area contributed by atoms with Crippen LogP contribution in [0.5, 0.6) is 0 Å². The second kappa shape index (κ2) is 6.75. The molecular weight excluding hydrogens is 280 g/mol. The maximum Gasteiger partial charge on any atom is 0.269 e. The summed E-state index contributed by atoms with van der Waals surface area (Å²) in [5, 5.41) is 10.9. The van der Waals surface area contributed by atoms with E-state index in [1.807, 2.05) is 18.2 Å². The van der Waals surface area contributed by atoms with Crippen LogP contribution in [0.4, 0.5) is 5.69 Å². The van der Waals surface area contributed by atoms with Gasteiger partial charge in [-0.2, -0.15) is 0 Å². The molecule has 0 saturated heterocycles. The van der Waals surface area contributed by atoms with Crippen molar-refractivity contribution in [3.8, 4) is 0 Å². The number of hydrogen-bond acceptors (Lipinski definition) is 4. The molecular formula is C17H20N2O3. The first-order valence-corrected chi connectivity index (χ1v) is 7.72. The molecule has 1 heterocycles. The third kappa shape index (κ3) is 3.54. The zero-order valence-corrected chi connectivity index (χ0v) is 12.5. The van der Waals surface area contributed by atoms with Crippen LogP contribution < -0.4 is 0 Å². The van der Waals surface area contributed by atoms with Crippen molar-refractivity contribution in [2.75, 3.05) is 0 Å². The monoisotopic (exact) mass is 300 g/mol. The van der Waals surface area contributed by atoms with Gasteiger partial charge in [-0.05, 0) is 30.5 Å². The van der Waals surface area contributed by atoms with E-state index >= 15 is 0 Å². The number of benzene rings is 1. The molecule has 0 radical (unpaired) electrons. The highest BCUT2D eigenvalue weighted by atomic mass is 16.6. The van der Waals surface area contributed by atoms with Crippen LogP contribution in [-0.2, 0) is 13.1 Å². The Balaban J connectivity index is 1.76. The first kappa shape index (κ1) is 14.8. The molecule has 0 unspecified atom stereocenters. The van der Waals surface area contributed by atoms with Gasteiger partial charge >= 0.3 is 0 Å². The highest BCUT2D eigenvalue weighted by molar-refractivity contribution is 5.34. The average molecular weight is 300 g/mol. The maximum absolute atomic E-state index is 10.9. The Kier molecular flexibility index (Phi) is 4.53. The first-order chi connectivity index (χ1) is 10.7. The standard InChI is InChI=1S/C17H20N2O3/c20-19(21)16-8-3-5-14(11-16)12-18(15-6-1-2-7-15)13-17-9-4-10-22-17/h3-5,8-11,15H,1-2,6-7,12-13H2. The lowest BCUT2D eigenvalue weighted by molar-refractivity contribution is -0.384. The van der Waals surface area contributed by atoms with E-state index in [2.05, 4.69) is 4.90 Å². The number of nitro benzene ring substituents is 1. The van der Waals surface area contributed by atoms with E-state index in [1.165, 1.54) is 31.7 Å². The van der Waals surface area contributed by atoms with Gasteiger partial charge in [-0.15, -0.1) is 0 Å². The summed E-state index contributed by atoms with van der Waals surface area (Å²) in [4.78, 5) is 13.0. The van der Waals surface area contributed by atoms with Crippen LogP contribution in [0.2, 0.25) is 0 Å². The first-order valence-electron chi connectivity index (χ1n) is 7.72. The van der Waals surface area contributed by atoms with Crippen molar-refractivity contribution in [3.05, 3.63) is 64.1 Å². The molecule has 0 atom stereocenters. The number of furan rings is 1. The molecule has 3 rings (SSSR count). The van der Waals surface area contributed by atoms with E-state index < -0.39 is 0 Å². The van der Waals surface area contributed by atoms with Gasteiger partial charge in [0.05, 0.1) is 17.7 Å². The summed E-state index contributed by atoms with van der Waals surface area (Å²) >= 11 is 0. The Bertz CT molecular complexity index is 619. The number of nitrogens with zero attached hydrogens (tertiary/aromatic N) is 2. The average Bonchev–Trinajstić information content (AvgIpc) is 3.20. The summed E-state index contributed by atoms with van der Waals surface area (Å²) in [6, 6.07) is 11.3. The number of rotatable bonds is 6. The molecule has 0 aliphatic heterocycles. The third-order valence-corrected chi connectivity index (χ3v) is 4.29. The van der Waals surface area contributed by atoms with E-state index in [0.29, 0.717) is 12.6 Å². The second-order valence-corrected chi connectivity index (χ2v) is 5.85. The predicted molar refractivity (Wildman–Crippen MR) is 83.3 cm³/mol. The minimum absolute atomic E-state index is 0.155. The third-order valence-electron chi connectivity index (χ3n) is 4.29. The second-order valence-electron chi connectivity index (χ2n) is 5.85. The number of nitro groups is 1. The van der Waals surface area contributed by atoms with Crippen LogP contribution in [0.1, 0.15) is 37.0 Å². The Labute approximate surface area is 129 Å². The molecule has 0 N–H and O–H groups in total. The Morgan fingerprint density at radius 3 is 2.68 bits per heavy atom. The maximum atomic E-state index is 10.9. The molecule has 116 valence electrons. The lowest BCUT2D eigenvalue weighted by Crippen LogP contribution is -2.32. The van der Waals surface area contributed by atoms with E-state index in [-0.39, 0.29) is 10.6 Å². The molecule has 1 fully saturated rings. The van der Waals surface area contributed by atoms with Gasteiger partial charge in [0.2, 0.25) is 0 Å². The van der Waals surface area contributed by atoms with E-state index in [4.69, 9.17) is 4.42 Å². The summed E-state index contributed by atoms with van der Waals surface area (Å²) < 4.78 is 5.47. The van der Waals surface area contributed by atoms with Gasteiger partial charge in [0.1, 0.15) is 5.76 Å². The van der Waals surface area contributed by atoms with Crippen molar-refractivity contribution in [1.82, 2.24) is 4.90 Å². The van der Waals surface area contributed by atoms with Crippen LogP contribution in [-0.4, -0.2) is 15.9 Å². The molecule has 1 aromatic carbocycles. The fourth-order valence-electron chi connectivity index (χ4n) is 3.19. The van der Waals surface area contributed by atoms with Gasteiger partial charge in [-0.25, -0.2) is 0 Å². The Morgan fingerprint density at radius 2 is 2.00 bits per heavy atom. The topological polar surface area (TPSA) is 59.5 Å². The smallest absolute Gasteiger partial charge is 0.269 e. The summed E-state index contributed by atoms with van der Waals surface area (Å²) in [6.07, 6.45) is 6.59. The summed E-state index contributed by atoms with van der Waals surface area (Å²) in [5.74, 6) is 0.942. The van der Waals surface area contributed by atoms with Crippen molar-refractivity contribution >= 4 is 5.69 Å². The minimum atomic E-state index is -0.337. The SMILES string of the molecule is O=[N+]([O-])c1cccc(CN(Cc2ccco2)C2CCCC2)c1. The molecule has 1 aliphatic carbocycles. The minimum Gasteiger partial charge on any atom is -0.468 e. The fraction of sp³-hybridized carbons (Fsp3) is 0.412. The zero-order valence-electron chi connectivity index (χ0n) is 12.5. The van der Waals surface area contributed by atoms with E-state index in [9.17, 15) is 10.1 Å². The van der Waals surface area contributed by atoms with Crippen LogP contribution in [0, 0.1) is 10.1 Å². The van der Waals surface area contributed by atoms with Crippen LogP contribution >= 0.6 is 0 Å². The lowest BCUT2D eigenvalue weighted by Gasteiger charge is -2.28. The molecule has 5 heteroatoms. The van der Waals surface area contributed by atoms with E-state index in [1.54, 1.807) is 18.4 Å². The Morgan fingerprint density at radius 1 is 1.18 bits per heavy atom. The summed E-state index contributed by atoms with van der Waals surface area (Å²) in [5.41, 5.74) is 1.13. The van der Waals surface area contributed by atoms with Crippen molar-refractivity contribution in [2.24, 2.45) is 0 Å². The number of non-ortho nitro benzene ring substituents is 1. The quantitative estimate of drug-likeness (QED) is 0.594. The van der Waals surface area contributed by atoms with Crippen LogP contribution in [0.3, 0.4) is 0 Å². The molecule has 1 aliphatic rings. The van der Waals surface area contributed by atoms with Gasteiger partial charge in [-0.3, -0.25) is 15.0 Å². The van der Waals surface area contributed by atoms with Crippen LogP contribution in [0.25, 0.3) is 0 Å². The molecule has 5 nitrogen and oxygen atoms in total. The summed E-state index contributed by atoms with van der Waals surface area (Å²) in [6.45, 7) is 1.47. The Hall–Kier alpha value is -2.14. The molecule has 0 bridgehead atoms. The van der Waals surface area contributed by atoms with Gasteiger partial charge in [0.15, 0.2) is 0 Å². The van der Waals surface area contributed by atoms with Gasteiger partial charge in [0, 0.05) is 24.7 Å². The molecule has 1 aromatic heterocycles. The van der Waals surface area contributed by atoms with Gasteiger partial charge in [0.25, 0.3) is 5.69 Å². The van der Waals surface area contributed by atoms with Crippen molar-refractivity contribution in [2.45, 2.75) is 44.8 Å². The highest BCUT2D eigenvalue weighted by Crippen LogP contribution is 2.27. The zero-order chi connectivity index (χ0) is 15.4. The molecule has 1 saturated carbocycles. The predicted octanol–water partition coefficient (Wildman–Crippen LogP) is 4.13. The lowest BCUT2D eigenvalue weighted by atomic mass is 10.1. The van der Waals surface area contributed by atoms with Crippen LogP contribution in [0.15, 0.2) is 47.1 Å². The fourth-order valence-corrected chi connectivity index (χ4v) is 3.19. The van der Waals surface area contributed by atoms with Gasteiger partial charge < -0.3 is 4.42 Å². The molecule has 0 spiro atoms. The van der Waals surface area contributed by atoms with Crippen molar-refractivity contribution in [3.63, 3.8) is 0 Å². The van der Waals surface area contributed by atoms with E-state index in [0.717, 1.165) is 17.9 Å². The highest BCUT2D eigenvalue weighted by Gasteiger charge is 2.24. The summed E-state index contributed by atoms with van der Waals surface area (Å²) in [7, 11) is 0. The molecule has 0 amide bonds. The normalized spacial score (nSPS) is 15.5. The van der Waals surface area contributed by atoms with Gasteiger partial charge in [-0.1, -0.05) is 25.0 Å². The largest absolute Gasteiger partial charge is 0.468 e. The number of hydrogen-bond donors (Lipinski definition) is 0. The van der Waals surface area contributed by atoms with Crippen molar-refractivity contribution in [1.29, 1.82) is 0 Å².